The molecule has 2 N–H and O–H groups in total. The monoisotopic (exact) mass is 469 g/mol. The third-order valence-corrected chi connectivity index (χ3v) is 3.78. The van der Waals surface area contributed by atoms with Gasteiger partial charge in [0.1, 0.15) is 11.5 Å². The van der Waals surface area contributed by atoms with Crippen molar-refractivity contribution in [2.24, 2.45) is 4.99 Å². The molecule has 0 spiro atoms. The Hall–Kier alpha value is -1.96. The lowest BCUT2D eigenvalue weighted by molar-refractivity contribution is 0.311. The fraction of sp³-hybridized carbons (Fsp3) is 0.350. The van der Waals surface area contributed by atoms with E-state index in [1.807, 2.05) is 43.3 Å². The number of aliphatic imine (C=N–C) groups is 1. The number of halogens is 1. The number of guanidine groups is 1. The summed E-state index contributed by atoms with van der Waals surface area (Å²) in [5.74, 6) is 2.58. The van der Waals surface area contributed by atoms with Crippen molar-refractivity contribution in [1.29, 1.82) is 0 Å². The normalized spacial score (nSPS) is 10.7. The van der Waals surface area contributed by atoms with E-state index >= 15 is 0 Å². The average molecular weight is 469 g/mol. The Bertz CT molecular complexity index is 678. The van der Waals surface area contributed by atoms with E-state index in [0.717, 1.165) is 41.6 Å². The third-order valence-electron chi connectivity index (χ3n) is 3.78. The van der Waals surface area contributed by atoms with Gasteiger partial charge in [-0.25, -0.2) is 0 Å². The smallest absolute Gasteiger partial charge is 0.191 e. The van der Waals surface area contributed by atoms with Crippen molar-refractivity contribution >= 4 is 29.9 Å². The Balaban J connectivity index is 0.00000338. The summed E-state index contributed by atoms with van der Waals surface area (Å²) in [6.45, 7) is 4.19. The number of ether oxygens (including phenoxy) is 2. The van der Waals surface area contributed by atoms with Gasteiger partial charge in [0.15, 0.2) is 5.96 Å². The minimum atomic E-state index is 0. The van der Waals surface area contributed by atoms with Gasteiger partial charge in [0.05, 0.1) is 13.7 Å². The van der Waals surface area contributed by atoms with Crippen LogP contribution in [0.4, 0.5) is 0 Å². The highest BCUT2D eigenvalue weighted by Crippen LogP contribution is 2.18. The molecule has 2 aromatic carbocycles. The van der Waals surface area contributed by atoms with E-state index in [9.17, 15) is 0 Å². The van der Waals surface area contributed by atoms with Gasteiger partial charge in [-0.1, -0.05) is 30.3 Å². The number of methoxy groups -OCH3 is 1. The first-order valence-corrected chi connectivity index (χ1v) is 8.49. The molecule has 0 heterocycles. The van der Waals surface area contributed by atoms with Crippen LogP contribution in [0, 0.1) is 6.92 Å². The largest absolute Gasteiger partial charge is 0.496 e. The molecule has 0 aliphatic heterocycles. The van der Waals surface area contributed by atoms with Gasteiger partial charge in [-0.3, -0.25) is 4.99 Å². The molecule has 0 amide bonds. The zero-order valence-corrected chi connectivity index (χ0v) is 17.9. The molecular weight excluding hydrogens is 441 g/mol. The minimum Gasteiger partial charge on any atom is -0.496 e. The molecule has 0 aromatic heterocycles. The second kappa shape index (κ2) is 12.4. The number of hydrogen-bond acceptors (Lipinski definition) is 3. The van der Waals surface area contributed by atoms with Crippen molar-refractivity contribution in [3.05, 3.63) is 59.7 Å². The molecular formula is C20H28IN3O2. The van der Waals surface area contributed by atoms with E-state index in [2.05, 4.69) is 27.8 Å². The molecule has 0 bridgehead atoms. The number of nitrogens with one attached hydrogen (secondary N) is 2. The maximum absolute atomic E-state index is 5.67. The van der Waals surface area contributed by atoms with Crippen molar-refractivity contribution in [1.82, 2.24) is 10.6 Å². The fourth-order valence-electron chi connectivity index (χ4n) is 2.37. The van der Waals surface area contributed by atoms with Crippen LogP contribution in [0.1, 0.15) is 17.5 Å². The minimum absolute atomic E-state index is 0. The number of aryl methyl sites for hydroxylation is 1. The van der Waals surface area contributed by atoms with Crippen molar-refractivity contribution in [2.45, 2.75) is 19.9 Å². The highest BCUT2D eigenvalue weighted by atomic mass is 127. The number of hydrogen-bond donors (Lipinski definition) is 2. The highest BCUT2D eigenvalue weighted by Gasteiger charge is 2.02. The number of para-hydroxylation sites is 1. The van der Waals surface area contributed by atoms with E-state index < -0.39 is 0 Å². The quantitative estimate of drug-likeness (QED) is 0.268. The van der Waals surface area contributed by atoms with Gasteiger partial charge in [-0.15, -0.1) is 24.0 Å². The molecule has 2 aromatic rings. The van der Waals surface area contributed by atoms with E-state index in [4.69, 9.17) is 9.47 Å². The van der Waals surface area contributed by atoms with Gasteiger partial charge < -0.3 is 20.1 Å². The highest BCUT2D eigenvalue weighted by molar-refractivity contribution is 14.0. The van der Waals surface area contributed by atoms with Gasteiger partial charge >= 0.3 is 0 Å². The predicted molar refractivity (Wildman–Crippen MR) is 118 cm³/mol. The van der Waals surface area contributed by atoms with Crippen LogP contribution in [-0.2, 0) is 6.54 Å². The maximum Gasteiger partial charge on any atom is 0.191 e. The lowest BCUT2D eigenvalue weighted by atomic mass is 10.1. The molecule has 0 atom stereocenters. The van der Waals surface area contributed by atoms with Crippen LogP contribution in [0.2, 0.25) is 0 Å². The molecule has 6 heteroatoms. The zero-order valence-electron chi connectivity index (χ0n) is 15.6. The molecule has 0 saturated carbocycles. The van der Waals surface area contributed by atoms with Crippen molar-refractivity contribution < 1.29 is 9.47 Å². The average Bonchev–Trinajstić information content (AvgIpc) is 2.66. The molecule has 26 heavy (non-hydrogen) atoms. The lowest BCUT2D eigenvalue weighted by Crippen LogP contribution is -2.37. The lowest BCUT2D eigenvalue weighted by Gasteiger charge is -2.13. The van der Waals surface area contributed by atoms with Crippen molar-refractivity contribution in [3.8, 4) is 11.5 Å². The predicted octanol–water partition coefficient (Wildman–Crippen LogP) is 3.76. The number of nitrogens with zero attached hydrogens (tertiary/aromatic N) is 1. The van der Waals surface area contributed by atoms with Crippen LogP contribution in [0.25, 0.3) is 0 Å². The standard InChI is InChI=1S/C20H27N3O2.HI/c1-16-10-11-17(14-19(16)24-3)15-23-20(21-2)22-12-7-13-25-18-8-5-4-6-9-18;/h4-6,8-11,14H,7,12-13,15H2,1-3H3,(H2,21,22,23);1H. The second-order valence-corrected chi connectivity index (χ2v) is 5.67. The van der Waals surface area contributed by atoms with E-state index in [1.54, 1.807) is 14.2 Å². The number of rotatable bonds is 8. The Morgan fingerprint density at radius 1 is 1.08 bits per heavy atom. The van der Waals surface area contributed by atoms with Crippen LogP contribution in [0.3, 0.4) is 0 Å². The Kier molecular flexibility index (Phi) is 10.5. The summed E-state index contributed by atoms with van der Waals surface area (Å²) in [6, 6.07) is 16.0. The first kappa shape index (κ1) is 22.1. The summed E-state index contributed by atoms with van der Waals surface area (Å²) < 4.78 is 11.0. The summed E-state index contributed by atoms with van der Waals surface area (Å²) in [6.07, 6.45) is 0.897. The Morgan fingerprint density at radius 3 is 2.54 bits per heavy atom. The topological polar surface area (TPSA) is 54.9 Å². The Labute approximate surface area is 173 Å². The molecule has 5 nitrogen and oxygen atoms in total. The first-order chi connectivity index (χ1) is 12.2. The van der Waals surface area contributed by atoms with E-state index in [-0.39, 0.29) is 24.0 Å². The fourth-order valence-corrected chi connectivity index (χ4v) is 2.37. The third kappa shape index (κ3) is 7.51. The summed E-state index contributed by atoms with van der Waals surface area (Å²) in [5.41, 5.74) is 2.28. The van der Waals surface area contributed by atoms with Gasteiger partial charge in [0.2, 0.25) is 0 Å². The molecule has 0 saturated heterocycles. The van der Waals surface area contributed by atoms with Crippen molar-refractivity contribution in [2.75, 3.05) is 27.3 Å². The van der Waals surface area contributed by atoms with Crippen molar-refractivity contribution in [3.63, 3.8) is 0 Å². The Morgan fingerprint density at radius 2 is 1.85 bits per heavy atom. The summed E-state index contributed by atoms with van der Waals surface area (Å²) in [5, 5.41) is 6.60. The summed E-state index contributed by atoms with van der Waals surface area (Å²) >= 11 is 0. The van der Waals surface area contributed by atoms with Crippen LogP contribution < -0.4 is 20.1 Å². The van der Waals surface area contributed by atoms with Crippen LogP contribution >= 0.6 is 24.0 Å². The molecule has 2 rings (SSSR count). The summed E-state index contributed by atoms with van der Waals surface area (Å²) in [4.78, 5) is 4.24. The second-order valence-electron chi connectivity index (χ2n) is 5.67. The SMILES string of the molecule is CN=C(NCCCOc1ccccc1)NCc1ccc(C)c(OC)c1.I. The van der Waals surface area contributed by atoms with Gasteiger partial charge in [-0.2, -0.15) is 0 Å². The van der Waals surface area contributed by atoms with Gasteiger partial charge in [0, 0.05) is 20.1 Å². The van der Waals surface area contributed by atoms with Gasteiger partial charge in [0.25, 0.3) is 0 Å². The number of benzene rings is 2. The summed E-state index contributed by atoms with van der Waals surface area (Å²) in [7, 11) is 3.46. The molecule has 0 radical (unpaired) electrons. The molecule has 0 unspecified atom stereocenters. The first-order valence-electron chi connectivity index (χ1n) is 8.49. The van der Waals surface area contributed by atoms with Crippen LogP contribution in [-0.4, -0.2) is 33.3 Å². The van der Waals surface area contributed by atoms with Crippen LogP contribution in [0.5, 0.6) is 11.5 Å². The molecule has 0 aliphatic rings. The maximum atomic E-state index is 5.67. The zero-order chi connectivity index (χ0) is 17.9. The van der Waals surface area contributed by atoms with Gasteiger partial charge in [-0.05, 0) is 42.7 Å². The van der Waals surface area contributed by atoms with E-state index in [1.165, 1.54) is 0 Å². The van der Waals surface area contributed by atoms with E-state index in [0.29, 0.717) is 13.2 Å². The van der Waals surface area contributed by atoms with Crippen LogP contribution in [0.15, 0.2) is 53.5 Å². The molecule has 0 fully saturated rings. The molecule has 142 valence electrons. The molecule has 0 aliphatic carbocycles.